The van der Waals surface area contributed by atoms with E-state index in [1.165, 1.54) is 17.8 Å². The molecular formula is C22H20FN5O2S. The third-order valence-electron chi connectivity index (χ3n) is 4.50. The highest BCUT2D eigenvalue weighted by atomic mass is 32.2. The summed E-state index contributed by atoms with van der Waals surface area (Å²) in [4.78, 5) is 12.2. The zero-order valence-electron chi connectivity index (χ0n) is 17.0. The molecule has 0 bridgehead atoms. The number of carbonyl (C=O) groups is 1. The Hall–Kier alpha value is -3.46. The Labute approximate surface area is 182 Å². The van der Waals surface area contributed by atoms with Crippen molar-refractivity contribution < 1.29 is 13.7 Å². The molecule has 2 aromatic carbocycles. The van der Waals surface area contributed by atoms with Gasteiger partial charge in [-0.2, -0.15) is 0 Å². The number of hydrogen-bond donors (Lipinski definition) is 1. The average Bonchev–Trinajstić information content (AvgIpc) is 3.35. The van der Waals surface area contributed by atoms with E-state index in [1.54, 1.807) is 35.8 Å². The van der Waals surface area contributed by atoms with Gasteiger partial charge in [-0.15, -0.1) is 10.2 Å². The SMILES string of the molecule is Cc1ccc(-n2c(SCCC(=O)Nc3cc(C)on3)nnc2-c2ccccc2F)cc1. The highest BCUT2D eigenvalue weighted by molar-refractivity contribution is 7.99. The van der Waals surface area contributed by atoms with Gasteiger partial charge in [-0.3, -0.25) is 9.36 Å². The molecule has 0 aliphatic rings. The van der Waals surface area contributed by atoms with Crippen molar-refractivity contribution >= 4 is 23.5 Å². The average molecular weight is 438 g/mol. The van der Waals surface area contributed by atoms with Crippen molar-refractivity contribution in [2.45, 2.75) is 25.4 Å². The van der Waals surface area contributed by atoms with Crippen molar-refractivity contribution in [3.63, 3.8) is 0 Å². The van der Waals surface area contributed by atoms with E-state index in [0.29, 0.717) is 33.9 Å². The molecule has 9 heteroatoms. The minimum absolute atomic E-state index is 0.184. The number of nitrogens with one attached hydrogen (secondary N) is 1. The third kappa shape index (κ3) is 4.83. The molecule has 1 N–H and O–H groups in total. The number of nitrogens with zero attached hydrogens (tertiary/aromatic N) is 4. The maximum Gasteiger partial charge on any atom is 0.226 e. The molecule has 0 saturated carbocycles. The van der Waals surface area contributed by atoms with Gasteiger partial charge >= 0.3 is 0 Å². The quantitative estimate of drug-likeness (QED) is 0.418. The molecule has 0 saturated heterocycles. The lowest BCUT2D eigenvalue weighted by molar-refractivity contribution is -0.115. The van der Waals surface area contributed by atoms with Crippen LogP contribution in [0, 0.1) is 19.7 Å². The van der Waals surface area contributed by atoms with Crippen LogP contribution in [0.1, 0.15) is 17.7 Å². The van der Waals surface area contributed by atoms with Gasteiger partial charge in [0.1, 0.15) is 11.6 Å². The molecular weight excluding hydrogens is 417 g/mol. The largest absolute Gasteiger partial charge is 0.360 e. The van der Waals surface area contributed by atoms with Gasteiger partial charge in [-0.05, 0) is 38.1 Å². The molecule has 0 aliphatic heterocycles. The molecule has 1 amide bonds. The zero-order chi connectivity index (χ0) is 21.8. The maximum absolute atomic E-state index is 14.5. The van der Waals surface area contributed by atoms with Crippen LogP contribution in [0.4, 0.5) is 10.2 Å². The fraction of sp³-hybridized carbons (Fsp3) is 0.182. The number of aryl methyl sites for hydroxylation is 2. The fourth-order valence-electron chi connectivity index (χ4n) is 2.97. The highest BCUT2D eigenvalue weighted by Gasteiger charge is 2.19. The minimum Gasteiger partial charge on any atom is -0.360 e. The second kappa shape index (κ2) is 9.13. The van der Waals surface area contributed by atoms with Crippen molar-refractivity contribution in [2.24, 2.45) is 0 Å². The van der Waals surface area contributed by atoms with E-state index in [9.17, 15) is 9.18 Å². The first-order chi connectivity index (χ1) is 15.0. The Bertz CT molecular complexity index is 1200. The predicted octanol–water partition coefficient (Wildman–Crippen LogP) is 4.80. The van der Waals surface area contributed by atoms with Crippen LogP contribution in [-0.2, 0) is 4.79 Å². The smallest absolute Gasteiger partial charge is 0.226 e. The Morgan fingerprint density at radius 3 is 2.61 bits per heavy atom. The van der Waals surface area contributed by atoms with Gasteiger partial charge in [-0.25, -0.2) is 4.39 Å². The Morgan fingerprint density at radius 2 is 1.90 bits per heavy atom. The normalized spacial score (nSPS) is 10.9. The van der Waals surface area contributed by atoms with E-state index in [0.717, 1.165) is 11.3 Å². The number of halogens is 1. The van der Waals surface area contributed by atoms with Crippen LogP contribution in [0.3, 0.4) is 0 Å². The van der Waals surface area contributed by atoms with Crippen LogP contribution in [0.15, 0.2) is 64.3 Å². The van der Waals surface area contributed by atoms with Gasteiger partial charge in [-0.1, -0.05) is 46.7 Å². The van der Waals surface area contributed by atoms with E-state index in [1.807, 2.05) is 31.2 Å². The van der Waals surface area contributed by atoms with E-state index in [2.05, 4.69) is 20.7 Å². The van der Waals surface area contributed by atoms with Gasteiger partial charge in [0.15, 0.2) is 16.8 Å². The molecule has 0 aliphatic carbocycles. The van der Waals surface area contributed by atoms with Crippen LogP contribution in [0.2, 0.25) is 0 Å². The molecule has 2 heterocycles. The summed E-state index contributed by atoms with van der Waals surface area (Å²) in [6.45, 7) is 3.75. The summed E-state index contributed by atoms with van der Waals surface area (Å²) < 4.78 is 21.2. The lowest BCUT2D eigenvalue weighted by Gasteiger charge is -2.11. The molecule has 0 fully saturated rings. The fourth-order valence-corrected chi connectivity index (χ4v) is 3.86. The lowest BCUT2D eigenvalue weighted by Crippen LogP contribution is -2.12. The van der Waals surface area contributed by atoms with Crippen LogP contribution >= 0.6 is 11.8 Å². The number of aromatic nitrogens is 4. The molecule has 2 aromatic heterocycles. The monoisotopic (exact) mass is 437 g/mol. The molecule has 7 nitrogen and oxygen atoms in total. The van der Waals surface area contributed by atoms with E-state index >= 15 is 0 Å². The molecule has 4 rings (SSSR count). The standard InChI is InChI=1S/C22H20FN5O2S/c1-14-7-9-16(10-8-14)28-21(17-5-3-4-6-18(17)23)25-26-22(28)31-12-11-20(29)24-19-13-15(2)30-27-19/h3-10,13H,11-12H2,1-2H3,(H,24,27,29). The maximum atomic E-state index is 14.5. The number of anilines is 1. The van der Waals surface area contributed by atoms with E-state index < -0.39 is 0 Å². The van der Waals surface area contributed by atoms with Gasteiger partial charge < -0.3 is 9.84 Å². The van der Waals surface area contributed by atoms with Gasteiger partial charge in [0.25, 0.3) is 0 Å². The van der Waals surface area contributed by atoms with Crippen molar-refractivity contribution in [2.75, 3.05) is 11.1 Å². The highest BCUT2D eigenvalue weighted by Crippen LogP contribution is 2.29. The number of amides is 1. The zero-order valence-corrected chi connectivity index (χ0v) is 17.8. The molecule has 0 radical (unpaired) electrons. The summed E-state index contributed by atoms with van der Waals surface area (Å²) in [6, 6.07) is 15.9. The first kappa shape index (κ1) is 20.8. The minimum atomic E-state index is -0.373. The first-order valence-corrected chi connectivity index (χ1v) is 10.6. The van der Waals surface area contributed by atoms with Gasteiger partial charge in [0.2, 0.25) is 5.91 Å². The molecule has 31 heavy (non-hydrogen) atoms. The van der Waals surface area contributed by atoms with Gasteiger partial charge in [0.05, 0.1) is 5.56 Å². The summed E-state index contributed by atoms with van der Waals surface area (Å²) >= 11 is 1.37. The summed E-state index contributed by atoms with van der Waals surface area (Å²) in [7, 11) is 0. The van der Waals surface area contributed by atoms with E-state index in [4.69, 9.17) is 4.52 Å². The number of thioether (sulfide) groups is 1. The molecule has 0 unspecified atom stereocenters. The predicted molar refractivity (Wildman–Crippen MR) is 117 cm³/mol. The summed E-state index contributed by atoms with van der Waals surface area (Å²) in [5, 5.41) is 15.5. The molecule has 158 valence electrons. The van der Waals surface area contributed by atoms with E-state index in [-0.39, 0.29) is 18.1 Å². The molecule has 0 spiro atoms. The third-order valence-corrected chi connectivity index (χ3v) is 5.43. The Balaban J connectivity index is 1.55. The van der Waals surface area contributed by atoms with Crippen molar-refractivity contribution in [1.29, 1.82) is 0 Å². The Kier molecular flexibility index (Phi) is 6.13. The summed E-state index contributed by atoms with van der Waals surface area (Å²) in [5.74, 6) is 1.32. The number of rotatable bonds is 7. The number of benzene rings is 2. The number of hydrogen-bond acceptors (Lipinski definition) is 6. The lowest BCUT2D eigenvalue weighted by atomic mass is 10.2. The first-order valence-electron chi connectivity index (χ1n) is 9.64. The van der Waals surface area contributed by atoms with Crippen LogP contribution in [-0.4, -0.2) is 31.6 Å². The second-order valence-electron chi connectivity index (χ2n) is 6.93. The van der Waals surface area contributed by atoms with Crippen molar-refractivity contribution in [1.82, 2.24) is 19.9 Å². The van der Waals surface area contributed by atoms with Crippen LogP contribution < -0.4 is 5.32 Å². The van der Waals surface area contributed by atoms with Crippen molar-refractivity contribution in [3.8, 4) is 17.1 Å². The second-order valence-corrected chi connectivity index (χ2v) is 7.99. The summed E-state index contributed by atoms with van der Waals surface area (Å²) in [6.07, 6.45) is 0.242. The molecule has 0 atom stereocenters. The van der Waals surface area contributed by atoms with Crippen LogP contribution in [0.25, 0.3) is 17.1 Å². The topological polar surface area (TPSA) is 85.8 Å². The van der Waals surface area contributed by atoms with Crippen LogP contribution in [0.5, 0.6) is 0 Å². The van der Waals surface area contributed by atoms with Gasteiger partial charge in [0, 0.05) is 23.9 Å². The van der Waals surface area contributed by atoms with Crippen molar-refractivity contribution in [3.05, 3.63) is 71.7 Å². The summed E-state index contributed by atoms with van der Waals surface area (Å²) in [5.41, 5.74) is 2.29. The Morgan fingerprint density at radius 1 is 1.13 bits per heavy atom. The number of carbonyl (C=O) groups excluding carboxylic acids is 1. The molecule has 4 aromatic rings.